The van der Waals surface area contributed by atoms with Crippen molar-refractivity contribution in [2.75, 3.05) is 6.54 Å². The molecule has 1 aromatic carbocycles. The van der Waals surface area contributed by atoms with Gasteiger partial charge in [-0.15, -0.1) is 0 Å². The molecule has 104 valence electrons. The second-order valence-corrected chi connectivity index (χ2v) is 5.90. The predicted molar refractivity (Wildman–Crippen MR) is 78.7 cm³/mol. The number of amides is 1. The smallest absolute Gasteiger partial charge is 0.251 e. The fourth-order valence-corrected chi connectivity index (χ4v) is 2.85. The third-order valence-electron chi connectivity index (χ3n) is 3.96. The monoisotopic (exact) mass is 280 g/mol. The molecule has 19 heavy (non-hydrogen) atoms. The van der Waals surface area contributed by atoms with Crippen molar-refractivity contribution in [2.24, 2.45) is 5.92 Å². The summed E-state index contributed by atoms with van der Waals surface area (Å²) in [7, 11) is 0. The Morgan fingerprint density at radius 2 is 2.16 bits per heavy atom. The molecule has 3 unspecified atom stereocenters. The summed E-state index contributed by atoms with van der Waals surface area (Å²) in [4.78, 5) is 12.4. The number of hydrogen-bond donors (Lipinski definition) is 2. The van der Waals surface area contributed by atoms with E-state index in [0.717, 1.165) is 18.5 Å². The maximum absolute atomic E-state index is 12.4. The SMILES string of the molecule is Cc1ccc(Cl)cc1C(=O)NC1C(C)CCNC1C. The van der Waals surface area contributed by atoms with E-state index >= 15 is 0 Å². The van der Waals surface area contributed by atoms with Gasteiger partial charge in [0.15, 0.2) is 0 Å². The van der Waals surface area contributed by atoms with Crippen LogP contribution in [0.15, 0.2) is 18.2 Å². The van der Waals surface area contributed by atoms with E-state index in [1.54, 1.807) is 12.1 Å². The summed E-state index contributed by atoms with van der Waals surface area (Å²) in [6.45, 7) is 7.25. The van der Waals surface area contributed by atoms with E-state index in [1.807, 2.05) is 13.0 Å². The van der Waals surface area contributed by atoms with Crippen LogP contribution in [-0.4, -0.2) is 24.5 Å². The highest BCUT2D eigenvalue weighted by atomic mass is 35.5. The first-order valence-corrected chi connectivity index (χ1v) is 7.17. The maximum Gasteiger partial charge on any atom is 0.251 e. The zero-order chi connectivity index (χ0) is 14.0. The zero-order valence-electron chi connectivity index (χ0n) is 11.7. The average Bonchev–Trinajstić information content (AvgIpc) is 2.37. The minimum absolute atomic E-state index is 0.0348. The van der Waals surface area contributed by atoms with Crippen LogP contribution in [0.25, 0.3) is 0 Å². The first-order chi connectivity index (χ1) is 8.99. The van der Waals surface area contributed by atoms with Gasteiger partial charge >= 0.3 is 0 Å². The lowest BCUT2D eigenvalue weighted by molar-refractivity contribution is 0.0897. The molecule has 0 saturated carbocycles. The topological polar surface area (TPSA) is 41.1 Å². The molecule has 2 N–H and O–H groups in total. The molecule has 3 nitrogen and oxygen atoms in total. The summed E-state index contributed by atoms with van der Waals surface area (Å²) in [5.74, 6) is 0.451. The molecule has 4 heteroatoms. The van der Waals surface area contributed by atoms with E-state index in [2.05, 4.69) is 24.5 Å². The van der Waals surface area contributed by atoms with Gasteiger partial charge in [0.25, 0.3) is 5.91 Å². The number of aryl methyl sites for hydroxylation is 1. The fraction of sp³-hybridized carbons (Fsp3) is 0.533. The maximum atomic E-state index is 12.4. The highest BCUT2D eigenvalue weighted by Crippen LogP contribution is 2.19. The number of rotatable bonds is 2. The Morgan fingerprint density at radius 1 is 1.42 bits per heavy atom. The van der Waals surface area contributed by atoms with Crippen molar-refractivity contribution in [3.8, 4) is 0 Å². The number of benzene rings is 1. The Balaban J connectivity index is 2.14. The van der Waals surface area contributed by atoms with Crippen LogP contribution in [0.1, 0.15) is 36.2 Å². The normalized spacial score (nSPS) is 27.1. The summed E-state index contributed by atoms with van der Waals surface area (Å²) in [5.41, 5.74) is 1.61. The molecule has 1 aliphatic heterocycles. The van der Waals surface area contributed by atoms with Crippen LogP contribution in [0, 0.1) is 12.8 Å². The van der Waals surface area contributed by atoms with Crippen molar-refractivity contribution < 1.29 is 4.79 Å². The van der Waals surface area contributed by atoms with Gasteiger partial charge in [-0.25, -0.2) is 0 Å². The summed E-state index contributed by atoms with van der Waals surface area (Å²) in [5, 5.41) is 7.14. The molecule has 0 aliphatic carbocycles. The summed E-state index contributed by atoms with van der Waals surface area (Å²) >= 11 is 5.97. The lowest BCUT2D eigenvalue weighted by Crippen LogP contribution is -2.56. The van der Waals surface area contributed by atoms with Crippen LogP contribution in [0.3, 0.4) is 0 Å². The summed E-state index contributed by atoms with van der Waals surface area (Å²) in [6.07, 6.45) is 1.09. The second kappa shape index (κ2) is 5.93. The molecule has 0 aromatic heterocycles. The summed E-state index contributed by atoms with van der Waals surface area (Å²) in [6, 6.07) is 5.88. The molecule has 1 saturated heterocycles. The standard InChI is InChI=1S/C15H21ClN2O/c1-9-4-5-12(16)8-13(9)15(19)18-14-10(2)6-7-17-11(14)3/h4-5,8,10-11,14,17H,6-7H2,1-3H3,(H,18,19). The van der Waals surface area contributed by atoms with Crippen LogP contribution in [0.2, 0.25) is 5.02 Å². The molecule has 3 atom stereocenters. The molecular formula is C15H21ClN2O. The third-order valence-corrected chi connectivity index (χ3v) is 4.19. The van der Waals surface area contributed by atoms with E-state index in [9.17, 15) is 4.79 Å². The highest BCUT2D eigenvalue weighted by molar-refractivity contribution is 6.31. The van der Waals surface area contributed by atoms with Gasteiger partial charge in [0, 0.05) is 22.7 Å². The van der Waals surface area contributed by atoms with E-state index in [1.165, 1.54) is 0 Å². The molecule has 1 heterocycles. The van der Waals surface area contributed by atoms with Gasteiger partial charge in [-0.05, 0) is 50.4 Å². The second-order valence-electron chi connectivity index (χ2n) is 5.47. The third kappa shape index (κ3) is 3.28. The first-order valence-electron chi connectivity index (χ1n) is 6.79. The number of hydrogen-bond acceptors (Lipinski definition) is 2. The Bertz CT molecular complexity index is 465. The van der Waals surface area contributed by atoms with Crippen LogP contribution in [-0.2, 0) is 0 Å². The van der Waals surface area contributed by atoms with E-state index < -0.39 is 0 Å². The van der Waals surface area contributed by atoms with Gasteiger partial charge in [-0.1, -0.05) is 24.6 Å². The first kappa shape index (κ1) is 14.4. The van der Waals surface area contributed by atoms with Gasteiger partial charge in [0.2, 0.25) is 0 Å². The lowest BCUT2D eigenvalue weighted by atomic mass is 9.89. The van der Waals surface area contributed by atoms with Crippen molar-refractivity contribution >= 4 is 17.5 Å². The molecule has 0 spiro atoms. The van der Waals surface area contributed by atoms with Gasteiger partial charge in [0.05, 0.1) is 0 Å². The highest BCUT2D eigenvalue weighted by Gasteiger charge is 2.29. The Labute approximate surface area is 119 Å². The van der Waals surface area contributed by atoms with E-state index in [0.29, 0.717) is 22.5 Å². The van der Waals surface area contributed by atoms with Crippen LogP contribution >= 0.6 is 11.6 Å². The fourth-order valence-electron chi connectivity index (χ4n) is 2.67. The van der Waals surface area contributed by atoms with Crippen molar-refractivity contribution in [1.82, 2.24) is 10.6 Å². The molecule has 1 aromatic rings. The Hall–Kier alpha value is -1.06. The molecule has 1 fully saturated rings. The number of halogens is 1. The molecule has 2 rings (SSSR count). The number of carbonyl (C=O) groups excluding carboxylic acids is 1. The Kier molecular flexibility index (Phi) is 4.48. The average molecular weight is 281 g/mol. The Morgan fingerprint density at radius 3 is 2.84 bits per heavy atom. The summed E-state index contributed by atoms with van der Waals surface area (Å²) < 4.78 is 0. The van der Waals surface area contributed by atoms with Crippen LogP contribution in [0.4, 0.5) is 0 Å². The molecule has 1 amide bonds. The molecule has 1 aliphatic rings. The van der Waals surface area contributed by atoms with Crippen molar-refractivity contribution in [1.29, 1.82) is 0 Å². The quantitative estimate of drug-likeness (QED) is 0.875. The zero-order valence-corrected chi connectivity index (χ0v) is 12.4. The molecule has 0 radical (unpaired) electrons. The lowest BCUT2D eigenvalue weighted by Gasteiger charge is -2.36. The van der Waals surface area contributed by atoms with Crippen molar-refractivity contribution in [2.45, 2.75) is 39.3 Å². The largest absolute Gasteiger partial charge is 0.347 e. The number of piperidine rings is 1. The van der Waals surface area contributed by atoms with Crippen LogP contribution in [0.5, 0.6) is 0 Å². The van der Waals surface area contributed by atoms with Crippen LogP contribution < -0.4 is 10.6 Å². The predicted octanol–water partition coefficient (Wildman–Crippen LogP) is 2.76. The van der Waals surface area contributed by atoms with Gasteiger partial charge in [-0.2, -0.15) is 0 Å². The van der Waals surface area contributed by atoms with E-state index in [4.69, 9.17) is 11.6 Å². The minimum Gasteiger partial charge on any atom is -0.347 e. The van der Waals surface area contributed by atoms with Gasteiger partial charge in [0.1, 0.15) is 0 Å². The van der Waals surface area contributed by atoms with Gasteiger partial charge < -0.3 is 10.6 Å². The van der Waals surface area contributed by atoms with Gasteiger partial charge in [-0.3, -0.25) is 4.79 Å². The number of nitrogens with one attached hydrogen (secondary N) is 2. The molecular weight excluding hydrogens is 260 g/mol. The van der Waals surface area contributed by atoms with Crippen molar-refractivity contribution in [3.05, 3.63) is 34.3 Å². The van der Waals surface area contributed by atoms with E-state index in [-0.39, 0.29) is 11.9 Å². The van der Waals surface area contributed by atoms with Crippen molar-refractivity contribution in [3.63, 3.8) is 0 Å². The minimum atomic E-state index is -0.0348. The molecule has 0 bridgehead atoms. The number of carbonyl (C=O) groups is 1.